The van der Waals surface area contributed by atoms with E-state index in [9.17, 15) is 9.59 Å². The van der Waals surface area contributed by atoms with Gasteiger partial charge in [-0.15, -0.1) is 12.4 Å². The maximum atomic E-state index is 11.9. The fourth-order valence-electron chi connectivity index (χ4n) is 2.90. The van der Waals surface area contributed by atoms with Crippen molar-refractivity contribution in [2.45, 2.75) is 32.4 Å². The predicted octanol–water partition coefficient (Wildman–Crippen LogP) is 2.76. The SMILES string of the molecule is CC(C)Oc1cccc(C=C2SC(=O)NC2=O)c1N1CC[C@H](N)C1.Cl. The van der Waals surface area contributed by atoms with Crippen molar-refractivity contribution < 1.29 is 14.3 Å². The molecule has 6 nitrogen and oxygen atoms in total. The van der Waals surface area contributed by atoms with E-state index in [0.29, 0.717) is 4.91 Å². The Morgan fingerprint density at radius 1 is 1.40 bits per heavy atom. The highest BCUT2D eigenvalue weighted by Crippen LogP contribution is 2.38. The second-order valence-corrected chi connectivity index (χ2v) is 7.22. The number of carbonyl (C=O) groups excluding carboxylic acids is 2. The Labute approximate surface area is 157 Å². The summed E-state index contributed by atoms with van der Waals surface area (Å²) in [4.78, 5) is 25.8. The molecular formula is C17H22ClN3O3S. The summed E-state index contributed by atoms with van der Waals surface area (Å²) in [7, 11) is 0. The number of nitrogens with zero attached hydrogens (tertiary/aromatic N) is 1. The van der Waals surface area contributed by atoms with Gasteiger partial charge in [0.15, 0.2) is 0 Å². The minimum absolute atomic E-state index is 0. The monoisotopic (exact) mass is 383 g/mol. The van der Waals surface area contributed by atoms with Gasteiger partial charge in [0.25, 0.3) is 11.1 Å². The largest absolute Gasteiger partial charge is 0.489 e. The van der Waals surface area contributed by atoms with Crippen LogP contribution in [0.25, 0.3) is 6.08 Å². The minimum atomic E-state index is -0.357. The number of anilines is 1. The van der Waals surface area contributed by atoms with Gasteiger partial charge in [-0.25, -0.2) is 0 Å². The van der Waals surface area contributed by atoms with Crippen molar-refractivity contribution in [2.75, 3.05) is 18.0 Å². The molecule has 2 fully saturated rings. The van der Waals surface area contributed by atoms with Gasteiger partial charge in [-0.1, -0.05) is 12.1 Å². The molecule has 0 unspecified atom stereocenters. The second-order valence-electron chi connectivity index (χ2n) is 6.21. The van der Waals surface area contributed by atoms with Crippen LogP contribution in [0.4, 0.5) is 10.5 Å². The molecule has 0 spiro atoms. The molecule has 3 rings (SSSR count). The molecule has 0 saturated carbocycles. The van der Waals surface area contributed by atoms with Gasteiger partial charge < -0.3 is 15.4 Å². The van der Waals surface area contributed by atoms with E-state index in [2.05, 4.69) is 10.2 Å². The molecular weight excluding hydrogens is 362 g/mol. The zero-order chi connectivity index (χ0) is 17.3. The zero-order valence-electron chi connectivity index (χ0n) is 14.2. The Balaban J connectivity index is 0.00000225. The summed E-state index contributed by atoms with van der Waals surface area (Å²) >= 11 is 0.918. The predicted molar refractivity (Wildman–Crippen MR) is 103 cm³/mol. The number of rotatable bonds is 4. The van der Waals surface area contributed by atoms with E-state index in [4.69, 9.17) is 10.5 Å². The van der Waals surface area contributed by atoms with E-state index in [1.165, 1.54) is 0 Å². The summed E-state index contributed by atoms with van der Waals surface area (Å²) in [5.41, 5.74) is 7.84. The molecule has 2 aliphatic heterocycles. The highest BCUT2D eigenvalue weighted by Gasteiger charge is 2.28. The molecule has 8 heteroatoms. The molecule has 1 atom stereocenters. The number of thioether (sulfide) groups is 1. The van der Waals surface area contributed by atoms with E-state index in [1.54, 1.807) is 6.08 Å². The number of para-hydroxylation sites is 1. The third-order valence-electron chi connectivity index (χ3n) is 3.86. The molecule has 2 amide bonds. The topological polar surface area (TPSA) is 84.7 Å². The number of nitrogens with two attached hydrogens (primary N) is 1. The molecule has 2 heterocycles. The first-order valence-electron chi connectivity index (χ1n) is 7.99. The molecule has 25 heavy (non-hydrogen) atoms. The molecule has 0 radical (unpaired) electrons. The van der Waals surface area contributed by atoms with Crippen LogP contribution >= 0.6 is 24.2 Å². The standard InChI is InChI=1S/C17H21N3O3S.ClH/c1-10(2)23-13-5-3-4-11(8-14-16(21)19-17(22)24-14)15(13)20-7-6-12(18)9-20;/h3-5,8,10,12H,6-7,9,18H2,1-2H3,(H,19,21,22);1H/t12-;/m0./s1. The van der Waals surface area contributed by atoms with Crippen LogP contribution < -0.4 is 20.7 Å². The molecule has 1 aromatic rings. The summed E-state index contributed by atoms with van der Waals surface area (Å²) in [5, 5.41) is 1.94. The number of benzene rings is 1. The molecule has 0 bridgehead atoms. The van der Waals surface area contributed by atoms with Crippen LogP contribution in [0, 0.1) is 0 Å². The van der Waals surface area contributed by atoms with Crippen LogP contribution in [0.2, 0.25) is 0 Å². The molecule has 1 aromatic carbocycles. The van der Waals surface area contributed by atoms with E-state index in [1.807, 2.05) is 32.0 Å². The first-order valence-corrected chi connectivity index (χ1v) is 8.80. The van der Waals surface area contributed by atoms with Gasteiger partial charge in [-0.2, -0.15) is 0 Å². The summed E-state index contributed by atoms with van der Waals surface area (Å²) in [6, 6.07) is 5.87. The lowest BCUT2D eigenvalue weighted by Crippen LogP contribution is -2.27. The third kappa shape index (κ3) is 4.48. The maximum Gasteiger partial charge on any atom is 0.290 e. The van der Waals surface area contributed by atoms with Crippen molar-refractivity contribution in [1.29, 1.82) is 0 Å². The van der Waals surface area contributed by atoms with Gasteiger partial charge in [0, 0.05) is 24.7 Å². The van der Waals surface area contributed by atoms with Crippen molar-refractivity contribution in [3.05, 3.63) is 28.7 Å². The number of carbonyl (C=O) groups is 2. The smallest absolute Gasteiger partial charge is 0.290 e. The number of amides is 2. The Kier molecular flexibility index (Phi) is 6.37. The average Bonchev–Trinajstić information content (AvgIpc) is 3.04. The van der Waals surface area contributed by atoms with Gasteiger partial charge in [-0.3, -0.25) is 14.9 Å². The summed E-state index contributed by atoms with van der Waals surface area (Å²) in [6.45, 7) is 5.54. The molecule has 0 aromatic heterocycles. The Hall–Kier alpha value is -1.70. The average molecular weight is 384 g/mol. The summed E-state index contributed by atoms with van der Waals surface area (Å²) < 4.78 is 5.96. The maximum absolute atomic E-state index is 11.9. The molecule has 3 N–H and O–H groups in total. The van der Waals surface area contributed by atoms with E-state index in [0.717, 1.165) is 48.3 Å². The van der Waals surface area contributed by atoms with Gasteiger partial charge in [0.2, 0.25) is 0 Å². The van der Waals surface area contributed by atoms with E-state index < -0.39 is 0 Å². The van der Waals surface area contributed by atoms with Crippen molar-refractivity contribution >= 4 is 47.1 Å². The Morgan fingerprint density at radius 2 is 2.16 bits per heavy atom. The van der Waals surface area contributed by atoms with Crippen molar-refractivity contribution in [3.63, 3.8) is 0 Å². The van der Waals surface area contributed by atoms with Crippen LogP contribution in [0.1, 0.15) is 25.8 Å². The van der Waals surface area contributed by atoms with Gasteiger partial charge >= 0.3 is 0 Å². The third-order valence-corrected chi connectivity index (χ3v) is 4.67. The lowest BCUT2D eigenvalue weighted by atomic mass is 10.1. The number of halogens is 1. The summed E-state index contributed by atoms with van der Waals surface area (Å²) in [5.74, 6) is 0.410. The van der Waals surface area contributed by atoms with Crippen LogP contribution in [0.5, 0.6) is 5.75 Å². The van der Waals surface area contributed by atoms with Crippen molar-refractivity contribution in [1.82, 2.24) is 5.32 Å². The lowest BCUT2D eigenvalue weighted by molar-refractivity contribution is -0.115. The minimum Gasteiger partial charge on any atom is -0.489 e. The number of hydrogen-bond acceptors (Lipinski definition) is 6. The first kappa shape index (κ1) is 19.6. The van der Waals surface area contributed by atoms with Gasteiger partial charge in [-0.05, 0) is 44.2 Å². The second kappa shape index (κ2) is 8.12. The quantitative estimate of drug-likeness (QED) is 0.778. The van der Waals surface area contributed by atoms with Crippen LogP contribution in [0.15, 0.2) is 23.1 Å². The summed E-state index contributed by atoms with van der Waals surface area (Å²) in [6.07, 6.45) is 2.70. The van der Waals surface area contributed by atoms with Crippen molar-refractivity contribution in [2.24, 2.45) is 5.73 Å². The number of nitrogens with one attached hydrogen (secondary N) is 1. The van der Waals surface area contributed by atoms with E-state index in [-0.39, 0.29) is 35.7 Å². The zero-order valence-corrected chi connectivity index (χ0v) is 15.8. The van der Waals surface area contributed by atoms with Crippen LogP contribution in [-0.4, -0.2) is 36.4 Å². The number of ether oxygens (including phenoxy) is 1. The Morgan fingerprint density at radius 3 is 2.72 bits per heavy atom. The van der Waals surface area contributed by atoms with Crippen LogP contribution in [-0.2, 0) is 4.79 Å². The highest BCUT2D eigenvalue weighted by atomic mass is 35.5. The molecule has 136 valence electrons. The molecule has 2 saturated heterocycles. The van der Waals surface area contributed by atoms with Gasteiger partial charge in [0.1, 0.15) is 5.75 Å². The van der Waals surface area contributed by atoms with Crippen LogP contribution in [0.3, 0.4) is 0 Å². The fraction of sp³-hybridized carbons (Fsp3) is 0.412. The Bertz CT molecular complexity index is 708. The molecule has 2 aliphatic rings. The first-order chi connectivity index (χ1) is 11.4. The fourth-order valence-corrected chi connectivity index (χ4v) is 3.57. The highest BCUT2D eigenvalue weighted by molar-refractivity contribution is 8.18. The number of hydrogen-bond donors (Lipinski definition) is 2. The number of imide groups is 1. The normalized spacial score (nSPS) is 21.7. The van der Waals surface area contributed by atoms with E-state index >= 15 is 0 Å². The molecule has 0 aliphatic carbocycles. The van der Waals surface area contributed by atoms with Crippen molar-refractivity contribution in [3.8, 4) is 5.75 Å². The lowest BCUT2D eigenvalue weighted by Gasteiger charge is -2.25. The van der Waals surface area contributed by atoms with Gasteiger partial charge in [0.05, 0.1) is 16.7 Å².